The van der Waals surface area contributed by atoms with Crippen molar-refractivity contribution in [1.82, 2.24) is 4.98 Å². The van der Waals surface area contributed by atoms with Gasteiger partial charge in [-0.3, -0.25) is 4.98 Å². The summed E-state index contributed by atoms with van der Waals surface area (Å²) in [6.07, 6.45) is 1.62. The first-order valence-electron chi connectivity index (χ1n) is 4.57. The molecule has 2 nitrogen and oxygen atoms in total. The predicted octanol–water partition coefficient (Wildman–Crippen LogP) is 2.90. The molecule has 0 unspecified atom stereocenters. The van der Waals surface area contributed by atoms with Crippen molar-refractivity contribution >= 4 is 0 Å². The Balaban J connectivity index is 2.59. The fraction of sp³-hybridized carbons (Fsp3) is 0.0833. The van der Waals surface area contributed by atoms with E-state index in [1.165, 1.54) is 6.07 Å². The summed E-state index contributed by atoms with van der Waals surface area (Å²) in [5.41, 5.74) is 0.980. The topological polar surface area (TPSA) is 22.1 Å². The van der Waals surface area contributed by atoms with E-state index >= 15 is 0 Å². The van der Waals surface area contributed by atoms with Crippen molar-refractivity contribution in [3.05, 3.63) is 48.4 Å². The lowest BCUT2D eigenvalue weighted by Gasteiger charge is -2.07. The van der Waals surface area contributed by atoms with Crippen molar-refractivity contribution in [2.24, 2.45) is 0 Å². The summed E-state index contributed by atoms with van der Waals surface area (Å²) in [6, 6.07) is 10.0. The number of methoxy groups -OCH3 is 1. The van der Waals surface area contributed by atoms with Crippen LogP contribution in [0.5, 0.6) is 5.75 Å². The third-order valence-electron chi connectivity index (χ3n) is 2.12. The molecule has 1 aromatic heterocycles. The van der Waals surface area contributed by atoms with E-state index in [1.54, 1.807) is 43.6 Å². The first-order valence-corrected chi connectivity index (χ1v) is 4.57. The molecule has 15 heavy (non-hydrogen) atoms. The fourth-order valence-electron chi connectivity index (χ4n) is 1.41. The molecule has 0 amide bonds. The molecule has 0 bridgehead atoms. The van der Waals surface area contributed by atoms with E-state index in [-0.39, 0.29) is 5.82 Å². The normalized spacial score (nSPS) is 10.0. The van der Waals surface area contributed by atoms with E-state index in [4.69, 9.17) is 4.74 Å². The smallest absolute Gasteiger partial charge is 0.145 e. The molecule has 2 rings (SSSR count). The van der Waals surface area contributed by atoms with Crippen molar-refractivity contribution < 1.29 is 9.13 Å². The van der Waals surface area contributed by atoms with Gasteiger partial charge in [0.05, 0.1) is 7.11 Å². The van der Waals surface area contributed by atoms with E-state index in [1.807, 2.05) is 0 Å². The zero-order valence-electron chi connectivity index (χ0n) is 8.27. The van der Waals surface area contributed by atoms with E-state index in [9.17, 15) is 4.39 Å². The molecule has 76 valence electrons. The van der Waals surface area contributed by atoms with Gasteiger partial charge in [0.1, 0.15) is 17.3 Å². The molecule has 0 saturated heterocycles. The number of pyridine rings is 1. The number of benzene rings is 1. The lowest BCUT2D eigenvalue weighted by molar-refractivity contribution is 0.414. The molecule has 0 aliphatic carbocycles. The van der Waals surface area contributed by atoms with Crippen LogP contribution in [0.25, 0.3) is 11.3 Å². The van der Waals surface area contributed by atoms with Crippen LogP contribution in [0.4, 0.5) is 4.39 Å². The minimum absolute atomic E-state index is 0.297. The Hall–Kier alpha value is -1.90. The van der Waals surface area contributed by atoms with Gasteiger partial charge in [-0.05, 0) is 24.3 Å². The van der Waals surface area contributed by atoms with Gasteiger partial charge in [-0.25, -0.2) is 4.39 Å². The lowest BCUT2D eigenvalue weighted by Crippen LogP contribution is -1.92. The van der Waals surface area contributed by atoms with E-state index in [0.29, 0.717) is 17.0 Å². The summed E-state index contributed by atoms with van der Waals surface area (Å²) in [5, 5.41) is 0. The van der Waals surface area contributed by atoms with E-state index in [0.717, 1.165) is 0 Å². The third-order valence-corrected chi connectivity index (χ3v) is 2.12. The van der Waals surface area contributed by atoms with Gasteiger partial charge in [-0.1, -0.05) is 12.1 Å². The number of nitrogens with zero attached hydrogens (tertiary/aromatic N) is 1. The van der Waals surface area contributed by atoms with Crippen LogP contribution in [0, 0.1) is 5.82 Å². The van der Waals surface area contributed by atoms with Gasteiger partial charge in [0.15, 0.2) is 0 Å². The molecule has 1 heterocycles. The SMILES string of the molecule is COc1cccnc1-c1ccccc1F. The summed E-state index contributed by atoms with van der Waals surface area (Å²) in [6.45, 7) is 0. The van der Waals surface area contributed by atoms with Crippen LogP contribution in [-0.4, -0.2) is 12.1 Å². The molecule has 0 aliphatic heterocycles. The molecule has 3 heteroatoms. The van der Waals surface area contributed by atoms with Gasteiger partial charge in [0, 0.05) is 11.8 Å². The Labute approximate surface area is 87.4 Å². The van der Waals surface area contributed by atoms with Crippen molar-refractivity contribution in [2.75, 3.05) is 7.11 Å². The molecule has 0 atom stereocenters. The summed E-state index contributed by atoms with van der Waals surface area (Å²) in [4.78, 5) is 4.12. The maximum Gasteiger partial charge on any atom is 0.145 e. The van der Waals surface area contributed by atoms with Gasteiger partial charge >= 0.3 is 0 Å². The second kappa shape index (κ2) is 4.09. The highest BCUT2D eigenvalue weighted by molar-refractivity contribution is 5.66. The van der Waals surface area contributed by atoms with Crippen molar-refractivity contribution in [3.8, 4) is 17.0 Å². The summed E-state index contributed by atoms with van der Waals surface area (Å²) in [5.74, 6) is 0.275. The molecular weight excluding hydrogens is 193 g/mol. The van der Waals surface area contributed by atoms with Gasteiger partial charge < -0.3 is 4.74 Å². The zero-order valence-corrected chi connectivity index (χ0v) is 8.27. The van der Waals surface area contributed by atoms with Crippen LogP contribution in [0.3, 0.4) is 0 Å². The van der Waals surface area contributed by atoms with Gasteiger partial charge in [-0.15, -0.1) is 0 Å². The largest absolute Gasteiger partial charge is 0.494 e. The van der Waals surface area contributed by atoms with Crippen LogP contribution in [0.1, 0.15) is 0 Å². The third kappa shape index (κ3) is 1.81. The maximum absolute atomic E-state index is 13.5. The maximum atomic E-state index is 13.5. The summed E-state index contributed by atoms with van der Waals surface area (Å²) < 4.78 is 18.6. The molecule has 0 aliphatic rings. The second-order valence-electron chi connectivity index (χ2n) is 3.03. The Bertz CT molecular complexity index is 471. The average Bonchev–Trinajstić information content (AvgIpc) is 2.30. The Morgan fingerprint density at radius 1 is 1.13 bits per heavy atom. The number of hydrogen-bond acceptors (Lipinski definition) is 2. The number of halogens is 1. The minimum Gasteiger partial charge on any atom is -0.494 e. The number of hydrogen-bond donors (Lipinski definition) is 0. The number of rotatable bonds is 2. The lowest BCUT2D eigenvalue weighted by atomic mass is 10.1. The highest BCUT2D eigenvalue weighted by Gasteiger charge is 2.10. The second-order valence-corrected chi connectivity index (χ2v) is 3.03. The van der Waals surface area contributed by atoms with Crippen LogP contribution < -0.4 is 4.74 Å². The van der Waals surface area contributed by atoms with Crippen LogP contribution in [0.2, 0.25) is 0 Å². The van der Waals surface area contributed by atoms with Crippen LogP contribution >= 0.6 is 0 Å². The first kappa shape index (κ1) is 9.65. The van der Waals surface area contributed by atoms with Crippen LogP contribution in [-0.2, 0) is 0 Å². The number of ether oxygens (including phenoxy) is 1. The predicted molar refractivity (Wildman–Crippen MR) is 56.2 cm³/mol. The molecular formula is C12H10FNO. The van der Waals surface area contributed by atoms with E-state index in [2.05, 4.69) is 4.98 Å². The monoisotopic (exact) mass is 203 g/mol. The highest BCUT2D eigenvalue weighted by Crippen LogP contribution is 2.28. The van der Waals surface area contributed by atoms with Gasteiger partial charge in [0.2, 0.25) is 0 Å². The summed E-state index contributed by atoms with van der Waals surface area (Å²) >= 11 is 0. The molecule has 0 N–H and O–H groups in total. The van der Waals surface area contributed by atoms with Gasteiger partial charge in [0.25, 0.3) is 0 Å². The fourth-order valence-corrected chi connectivity index (χ4v) is 1.41. The van der Waals surface area contributed by atoms with Crippen molar-refractivity contribution in [2.45, 2.75) is 0 Å². The van der Waals surface area contributed by atoms with Crippen molar-refractivity contribution in [1.29, 1.82) is 0 Å². The van der Waals surface area contributed by atoms with Crippen LogP contribution in [0.15, 0.2) is 42.6 Å². The quantitative estimate of drug-likeness (QED) is 0.748. The first-order chi connectivity index (χ1) is 7.33. The standard InChI is InChI=1S/C12H10FNO/c1-15-11-7-4-8-14-12(11)9-5-2-3-6-10(9)13/h2-8H,1H3. The molecule has 0 fully saturated rings. The minimum atomic E-state index is -0.297. The highest BCUT2D eigenvalue weighted by atomic mass is 19.1. The Kier molecular flexibility index (Phi) is 2.63. The summed E-state index contributed by atoms with van der Waals surface area (Å²) in [7, 11) is 1.54. The number of aromatic nitrogens is 1. The Morgan fingerprint density at radius 2 is 1.93 bits per heavy atom. The Morgan fingerprint density at radius 3 is 2.67 bits per heavy atom. The molecule has 0 saturated carbocycles. The zero-order chi connectivity index (χ0) is 10.7. The van der Waals surface area contributed by atoms with E-state index < -0.39 is 0 Å². The molecule has 1 aromatic carbocycles. The van der Waals surface area contributed by atoms with Gasteiger partial charge in [-0.2, -0.15) is 0 Å². The average molecular weight is 203 g/mol. The molecule has 0 radical (unpaired) electrons. The van der Waals surface area contributed by atoms with Crippen molar-refractivity contribution in [3.63, 3.8) is 0 Å². The molecule has 0 spiro atoms. The molecule has 2 aromatic rings.